The normalized spacial score (nSPS) is 11.9. The van der Waals surface area contributed by atoms with Crippen molar-refractivity contribution in [2.75, 3.05) is 0 Å². The molecule has 0 unspecified atom stereocenters. The molecule has 0 amide bonds. The Hall–Kier alpha value is -2.01. The molecule has 0 saturated carbocycles. The number of nitrogens with zero attached hydrogens (tertiary/aromatic N) is 4. The zero-order chi connectivity index (χ0) is 13.9. The molecule has 0 saturated heterocycles. The van der Waals surface area contributed by atoms with Crippen LogP contribution in [0.3, 0.4) is 0 Å². The molecule has 3 aromatic rings. The lowest BCUT2D eigenvalue weighted by Crippen LogP contribution is -2.01. The summed E-state index contributed by atoms with van der Waals surface area (Å²) in [7, 11) is 0. The van der Waals surface area contributed by atoms with Crippen LogP contribution in [0.1, 0.15) is 30.2 Å². The van der Waals surface area contributed by atoms with Gasteiger partial charge in [-0.2, -0.15) is 9.61 Å². The van der Waals surface area contributed by atoms with Gasteiger partial charge in [-0.3, -0.25) is 0 Å². The minimum atomic E-state index is 0.549. The number of hydrogen-bond acceptors (Lipinski definition) is 4. The van der Waals surface area contributed by atoms with E-state index in [9.17, 15) is 0 Å². The first-order valence-corrected chi connectivity index (χ1v) is 7.48. The van der Waals surface area contributed by atoms with E-state index in [0.717, 1.165) is 22.2 Å². The Labute approximate surface area is 121 Å². The summed E-state index contributed by atoms with van der Waals surface area (Å²) in [4.78, 5) is 0.855. The summed E-state index contributed by atoms with van der Waals surface area (Å²) in [6.45, 7) is 4.34. The molecule has 20 heavy (non-hydrogen) atoms. The van der Waals surface area contributed by atoms with E-state index in [-0.39, 0.29) is 0 Å². The van der Waals surface area contributed by atoms with Crippen LogP contribution in [0, 0.1) is 5.92 Å². The van der Waals surface area contributed by atoms with Crippen LogP contribution in [0.5, 0.6) is 0 Å². The van der Waals surface area contributed by atoms with Gasteiger partial charge in [0, 0.05) is 6.42 Å². The van der Waals surface area contributed by atoms with Crippen LogP contribution >= 0.6 is 11.3 Å². The zero-order valence-electron chi connectivity index (χ0n) is 11.5. The number of aromatic nitrogens is 4. The highest BCUT2D eigenvalue weighted by Crippen LogP contribution is 2.18. The molecule has 0 aliphatic carbocycles. The van der Waals surface area contributed by atoms with Crippen molar-refractivity contribution in [3.63, 3.8) is 0 Å². The van der Waals surface area contributed by atoms with Crippen molar-refractivity contribution in [1.29, 1.82) is 0 Å². The third-order valence-electron chi connectivity index (χ3n) is 2.88. The van der Waals surface area contributed by atoms with Gasteiger partial charge >= 0.3 is 0 Å². The van der Waals surface area contributed by atoms with E-state index in [4.69, 9.17) is 0 Å². The van der Waals surface area contributed by atoms with E-state index in [1.165, 1.54) is 5.56 Å². The molecule has 5 heteroatoms. The molecule has 0 aliphatic rings. The quantitative estimate of drug-likeness (QED) is 0.735. The van der Waals surface area contributed by atoms with Crippen LogP contribution in [0.15, 0.2) is 30.3 Å². The maximum Gasteiger partial charge on any atom is 0.234 e. The molecule has 102 valence electrons. The summed E-state index contributed by atoms with van der Waals surface area (Å²) in [5.74, 6) is 1.48. The highest BCUT2D eigenvalue weighted by atomic mass is 32.1. The summed E-state index contributed by atoms with van der Waals surface area (Å²) >= 11 is 1.56. The van der Waals surface area contributed by atoms with E-state index >= 15 is 0 Å². The second-order valence-electron chi connectivity index (χ2n) is 5.09. The Morgan fingerprint density at radius 2 is 1.95 bits per heavy atom. The summed E-state index contributed by atoms with van der Waals surface area (Å²) in [5.41, 5.74) is 1.17. The zero-order valence-corrected chi connectivity index (χ0v) is 12.3. The molecule has 0 spiro atoms. The van der Waals surface area contributed by atoms with Gasteiger partial charge in [-0.25, -0.2) is 0 Å². The Kier molecular flexibility index (Phi) is 3.60. The van der Waals surface area contributed by atoms with E-state index < -0.39 is 0 Å². The lowest BCUT2D eigenvalue weighted by molar-refractivity contribution is 0.606. The van der Waals surface area contributed by atoms with Crippen LogP contribution in [0.25, 0.3) is 17.1 Å². The third kappa shape index (κ3) is 2.77. The minimum absolute atomic E-state index is 0.549. The smallest absolute Gasteiger partial charge is 0.187 e. The van der Waals surface area contributed by atoms with Crippen molar-refractivity contribution in [1.82, 2.24) is 19.8 Å². The average molecular weight is 284 g/mol. The van der Waals surface area contributed by atoms with Crippen LogP contribution in [0.4, 0.5) is 0 Å². The largest absolute Gasteiger partial charge is 0.234 e. The molecule has 0 N–H and O–H groups in total. The van der Waals surface area contributed by atoms with Crippen molar-refractivity contribution in [3.8, 4) is 0 Å². The van der Waals surface area contributed by atoms with E-state index in [0.29, 0.717) is 5.92 Å². The van der Waals surface area contributed by atoms with Crippen molar-refractivity contribution >= 4 is 28.4 Å². The first-order chi connectivity index (χ1) is 9.72. The molecular weight excluding hydrogens is 268 g/mol. The molecule has 0 atom stereocenters. The molecule has 2 aromatic heterocycles. The molecule has 1 aromatic carbocycles. The summed E-state index contributed by atoms with van der Waals surface area (Å²) < 4.78 is 1.86. The van der Waals surface area contributed by atoms with Gasteiger partial charge < -0.3 is 0 Å². The molecular formula is C15H16N4S. The fraction of sp³-hybridized carbons (Fsp3) is 0.267. The van der Waals surface area contributed by atoms with Gasteiger partial charge in [0.05, 0.1) is 0 Å². The predicted octanol–water partition coefficient (Wildman–Crippen LogP) is 3.55. The molecule has 0 fully saturated rings. The van der Waals surface area contributed by atoms with Gasteiger partial charge in [-0.15, -0.1) is 10.2 Å². The second-order valence-corrected chi connectivity index (χ2v) is 6.08. The molecule has 0 bridgehead atoms. The van der Waals surface area contributed by atoms with E-state index in [2.05, 4.69) is 47.4 Å². The Bertz CT molecular complexity index is 725. The summed E-state index contributed by atoms with van der Waals surface area (Å²) in [5, 5.41) is 13.9. The van der Waals surface area contributed by atoms with Gasteiger partial charge in [0.2, 0.25) is 4.96 Å². The highest BCUT2D eigenvalue weighted by molar-refractivity contribution is 7.17. The molecule has 2 heterocycles. The van der Waals surface area contributed by atoms with Crippen LogP contribution in [0.2, 0.25) is 0 Å². The lowest BCUT2D eigenvalue weighted by Gasteiger charge is -1.99. The van der Waals surface area contributed by atoms with Gasteiger partial charge in [0.15, 0.2) is 5.82 Å². The predicted molar refractivity (Wildman–Crippen MR) is 82.6 cm³/mol. The Morgan fingerprint density at radius 1 is 1.15 bits per heavy atom. The lowest BCUT2D eigenvalue weighted by atomic mass is 10.1. The van der Waals surface area contributed by atoms with Gasteiger partial charge in [-0.05, 0) is 17.6 Å². The Balaban J connectivity index is 1.86. The van der Waals surface area contributed by atoms with E-state index in [1.807, 2.05) is 28.8 Å². The number of fused-ring (bicyclic) bond motifs is 1. The van der Waals surface area contributed by atoms with Gasteiger partial charge in [-0.1, -0.05) is 61.6 Å². The maximum atomic E-state index is 4.56. The maximum absolute atomic E-state index is 4.56. The van der Waals surface area contributed by atoms with Crippen molar-refractivity contribution in [2.45, 2.75) is 20.3 Å². The molecule has 4 nitrogen and oxygen atoms in total. The molecule has 3 rings (SSSR count). The van der Waals surface area contributed by atoms with Crippen LogP contribution in [-0.4, -0.2) is 19.8 Å². The van der Waals surface area contributed by atoms with Crippen molar-refractivity contribution in [2.24, 2.45) is 5.92 Å². The van der Waals surface area contributed by atoms with Crippen LogP contribution < -0.4 is 0 Å². The highest BCUT2D eigenvalue weighted by Gasteiger charge is 2.11. The average Bonchev–Trinajstić information content (AvgIpc) is 2.99. The standard InChI is InChI=1S/C15H16N4S/c1-11(2)10-13-16-17-15-19(13)18-14(20-15)9-8-12-6-4-3-5-7-12/h3-9,11H,10H2,1-2H3. The first-order valence-electron chi connectivity index (χ1n) is 6.66. The monoisotopic (exact) mass is 284 g/mol. The number of benzene rings is 1. The molecule has 0 aliphatic heterocycles. The van der Waals surface area contributed by atoms with Crippen molar-refractivity contribution < 1.29 is 0 Å². The molecule has 0 radical (unpaired) electrons. The van der Waals surface area contributed by atoms with E-state index in [1.54, 1.807) is 11.3 Å². The second kappa shape index (κ2) is 5.54. The topological polar surface area (TPSA) is 43.1 Å². The Morgan fingerprint density at radius 3 is 2.70 bits per heavy atom. The summed E-state index contributed by atoms with van der Waals surface area (Å²) in [6.07, 6.45) is 4.98. The van der Waals surface area contributed by atoms with Gasteiger partial charge in [0.25, 0.3) is 0 Å². The third-order valence-corrected chi connectivity index (χ3v) is 3.74. The van der Waals surface area contributed by atoms with Gasteiger partial charge in [0.1, 0.15) is 5.01 Å². The number of rotatable bonds is 4. The first kappa shape index (κ1) is 13.0. The SMILES string of the molecule is CC(C)Cc1nnc2sc(C=Cc3ccccc3)nn12. The summed E-state index contributed by atoms with van der Waals surface area (Å²) in [6, 6.07) is 10.2. The minimum Gasteiger partial charge on any atom is -0.187 e. The van der Waals surface area contributed by atoms with Crippen LogP contribution in [-0.2, 0) is 6.42 Å². The fourth-order valence-electron chi connectivity index (χ4n) is 1.96. The number of hydrogen-bond donors (Lipinski definition) is 0. The fourth-order valence-corrected chi connectivity index (χ4v) is 2.72. The van der Waals surface area contributed by atoms with Crippen molar-refractivity contribution in [3.05, 3.63) is 46.7 Å².